The van der Waals surface area contributed by atoms with Gasteiger partial charge in [-0.25, -0.2) is 15.0 Å². The van der Waals surface area contributed by atoms with E-state index >= 15 is 0 Å². The molecule has 6 heteroatoms. The van der Waals surface area contributed by atoms with E-state index in [1.165, 1.54) is 5.56 Å². The summed E-state index contributed by atoms with van der Waals surface area (Å²) in [5.74, 6) is 2.68. The van der Waals surface area contributed by atoms with Crippen LogP contribution in [0.1, 0.15) is 34.2 Å². The van der Waals surface area contributed by atoms with Crippen molar-refractivity contribution in [3.05, 3.63) is 71.2 Å². The van der Waals surface area contributed by atoms with Crippen LogP contribution in [-0.4, -0.2) is 29.1 Å². The maximum atomic E-state index is 4.93. The van der Waals surface area contributed by atoms with Gasteiger partial charge in [-0.3, -0.25) is 0 Å². The lowest BCUT2D eigenvalue weighted by molar-refractivity contribution is 0.748. The quantitative estimate of drug-likeness (QED) is 0.498. The Morgan fingerprint density at radius 2 is 1.89 bits per heavy atom. The Morgan fingerprint density at radius 1 is 1.07 bits per heavy atom. The number of aryl methyl sites for hydroxylation is 6. The van der Waals surface area contributed by atoms with Gasteiger partial charge >= 0.3 is 0 Å². The van der Waals surface area contributed by atoms with E-state index in [4.69, 9.17) is 9.97 Å². The van der Waals surface area contributed by atoms with Crippen molar-refractivity contribution in [2.45, 2.75) is 33.6 Å². The fraction of sp³-hybridized carbons (Fsp3) is 0.273. The van der Waals surface area contributed by atoms with Crippen LogP contribution < -0.4 is 0 Å². The van der Waals surface area contributed by atoms with E-state index in [0.717, 1.165) is 58.1 Å². The molecule has 0 aliphatic carbocycles. The molecule has 6 nitrogen and oxygen atoms in total. The zero-order valence-corrected chi connectivity index (χ0v) is 16.8. The Morgan fingerprint density at radius 3 is 2.64 bits per heavy atom. The monoisotopic (exact) mass is 372 g/mol. The standard InChI is InChI=1S/C22H24N6/c1-6-7-8-17-14(2)9-10-18-21(17)25-20(27(18)5)12-11-19-24-22-15(3)13-23-16(4)28(22)26-19/h6-10,13H,1,11-12H2,2-5H3/b8-7-. The van der Waals surface area contributed by atoms with Gasteiger partial charge in [0.15, 0.2) is 11.5 Å². The highest BCUT2D eigenvalue weighted by molar-refractivity contribution is 5.87. The van der Waals surface area contributed by atoms with Crippen molar-refractivity contribution in [2.24, 2.45) is 7.05 Å². The number of hydrogen-bond acceptors (Lipinski definition) is 4. The van der Waals surface area contributed by atoms with Crippen molar-refractivity contribution in [1.29, 1.82) is 0 Å². The number of imidazole rings is 1. The minimum Gasteiger partial charge on any atom is -0.331 e. The van der Waals surface area contributed by atoms with Gasteiger partial charge in [0, 0.05) is 37.2 Å². The van der Waals surface area contributed by atoms with Gasteiger partial charge in [0.1, 0.15) is 11.6 Å². The second-order valence-electron chi connectivity index (χ2n) is 7.10. The number of allylic oxidation sites excluding steroid dienone is 2. The van der Waals surface area contributed by atoms with Crippen molar-refractivity contribution in [2.75, 3.05) is 0 Å². The Labute approximate surface area is 164 Å². The van der Waals surface area contributed by atoms with Crippen LogP contribution in [0.4, 0.5) is 0 Å². The molecule has 0 aliphatic heterocycles. The summed E-state index contributed by atoms with van der Waals surface area (Å²) >= 11 is 0. The second kappa shape index (κ2) is 7.03. The maximum Gasteiger partial charge on any atom is 0.162 e. The SMILES string of the molecule is C=C/C=C\c1c(C)ccc2c1nc(CCc1nc3c(C)cnc(C)n3n1)n2C. The number of aromatic nitrogens is 6. The third kappa shape index (κ3) is 3.01. The normalized spacial score (nSPS) is 11.9. The lowest BCUT2D eigenvalue weighted by Crippen LogP contribution is -2.02. The first-order valence-electron chi connectivity index (χ1n) is 9.41. The first kappa shape index (κ1) is 18.1. The fourth-order valence-electron chi connectivity index (χ4n) is 3.49. The van der Waals surface area contributed by atoms with Crippen molar-refractivity contribution in [1.82, 2.24) is 29.1 Å². The first-order valence-corrected chi connectivity index (χ1v) is 9.41. The van der Waals surface area contributed by atoms with Crippen molar-refractivity contribution < 1.29 is 0 Å². The molecule has 0 saturated carbocycles. The molecule has 4 rings (SSSR count). The lowest BCUT2D eigenvalue weighted by Gasteiger charge is -2.03. The van der Waals surface area contributed by atoms with Gasteiger partial charge in [-0.05, 0) is 32.4 Å². The van der Waals surface area contributed by atoms with Gasteiger partial charge in [-0.2, -0.15) is 4.52 Å². The highest BCUT2D eigenvalue weighted by atomic mass is 15.3. The van der Waals surface area contributed by atoms with Crippen LogP contribution in [0.2, 0.25) is 0 Å². The highest BCUT2D eigenvalue weighted by Crippen LogP contribution is 2.24. The third-order valence-electron chi connectivity index (χ3n) is 5.13. The van der Waals surface area contributed by atoms with Gasteiger partial charge in [-0.1, -0.05) is 30.9 Å². The Bertz CT molecular complexity index is 1190. The molecule has 28 heavy (non-hydrogen) atoms. The third-order valence-corrected chi connectivity index (χ3v) is 5.13. The molecule has 0 N–H and O–H groups in total. The molecule has 0 radical (unpaired) electrons. The van der Waals surface area contributed by atoms with Gasteiger partial charge in [0.2, 0.25) is 0 Å². The minimum atomic E-state index is 0.731. The molecule has 0 spiro atoms. The Hall–Kier alpha value is -3.28. The van der Waals surface area contributed by atoms with Gasteiger partial charge < -0.3 is 4.57 Å². The summed E-state index contributed by atoms with van der Waals surface area (Å²) in [6.07, 6.45) is 9.16. The first-order chi connectivity index (χ1) is 13.5. The molecule has 0 aliphatic rings. The largest absolute Gasteiger partial charge is 0.331 e. The number of hydrogen-bond donors (Lipinski definition) is 0. The second-order valence-corrected chi connectivity index (χ2v) is 7.10. The summed E-state index contributed by atoms with van der Waals surface area (Å²) < 4.78 is 3.98. The molecule has 4 aromatic rings. The Balaban J connectivity index is 1.68. The fourth-order valence-corrected chi connectivity index (χ4v) is 3.49. The van der Waals surface area contributed by atoms with Crippen LogP contribution in [0.25, 0.3) is 22.8 Å². The van der Waals surface area contributed by atoms with Gasteiger partial charge in [0.05, 0.1) is 11.0 Å². The Kier molecular flexibility index (Phi) is 4.55. The van der Waals surface area contributed by atoms with Crippen LogP contribution in [-0.2, 0) is 19.9 Å². The van der Waals surface area contributed by atoms with E-state index < -0.39 is 0 Å². The van der Waals surface area contributed by atoms with Gasteiger partial charge in [-0.15, -0.1) is 5.10 Å². The van der Waals surface area contributed by atoms with E-state index in [0.29, 0.717) is 0 Å². The lowest BCUT2D eigenvalue weighted by atomic mass is 10.1. The average Bonchev–Trinajstić information content (AvgIpc) is 3.25. The predicted molar refractivity (Wildman–Crippen MR) is 112 cm³/mol. The molecule has 3 aromatic heterocycles. The zero-order valence-electron chi connectivity index (χ0n) is 16.8. The number of benzene rings is 1. The number of nitrogens with zero attached hydrogens (tertiary/aromatic N) is 6. The van der Waals surface area contributed by atoms with E-state index in [9.17, 15) is 0 Å². The van der Waals surface area contributed by atoms with Crippen LogP contribution in [0.5, 0.6) is 0 Å². The van der Waals surface area contributed by atoms with Gasteiger partial charge in [0.25, 0.3) is 0 Å². The maximum absolute atomic E-state index is 4.93. The van der Waals surface area contributed by atoms with Crippen molar-refractivity contribution >= 4 is 22.8 Å². The van der Waals surface area contributed by atoms with Crippen LogP contribution in [0, 0.1) is 20.8 Å². The molecule has 0 bridgehead atoms. The highest BCUT2D eigenvalue weighted by Gasteiger charge is 2.14. The van der Waals surface area contributed by atoms with E-state index in [-0.39, 0.29) is 0 Å². The summed E-state index contributed by atoms with van der Waals surface area (Å²) in [4.78, 5) is 14.0. The predicted octanol–water partition coefficient (Wildman–Crippen LogP) is 3.92. The topological polar surface area (TPSA) is 60.9 Å². The molecule has 0 unspecified atom stereocenters. The van der Waals surface area contributed by atoms with Crippen molar-refractivity contribution in [3.8, 4) is 0 Å². The average molecular weight is 372 g/mol. The molecule has 0 fully saturated rings. The molecule has 0 saturated heterocycles. The van der Waals surface area contributed by atoms with E-state index in [1.807, 2.05) is 30.6 Å². The number of fused-ring (bicyclic) bond motifs is 2. The van der Waals surface area contributed by atoms with Crippen molar-refractivity contribution in [3.63, 3.8) is 0 Å². The molecule has 3 heterocycles. The smallest absolute Gasteiger partial charge is 0.162 e. The number of rotatable bonds is 5. The summed E-state index contributed by atoms with van der Waals surface area (Å²) in [6, 6.07) is 4.27. The zero-order chi connectivity index (χ0) is 19.8. The summed E-state index contributed by atoms with van der Waals surface area (Å²) in [5.41, 5.74) is 6.40. The molecule has 0 atom stereocenters. The molecule has 1 aromatic carbocycles. The van der Waals surface area contributed by atoms with Crippen LogP contribution in [0.3, 0.4) is 0 Å². The minimum absolute atomic E-state index is 0.731. The molecule has 0 amide bonds. The molecular weight excluding hydrogens is 348 g/mol. The van der Waals surface area contributed by atoms with Crippen LogP contribution >= 0.6 is 0 Å². The summed E-state index contributed by atoms with van der Waals surface area (Å²) in [5, 5.41) is 4.63. The summed E-state index contributed by atoms with van der Waals surface area (Å²) in [6.45, 7) is 9.82. The van der Waals surface area contributed by atoms with Crippen LogP contribution in [0.15, 0.2) is 37.1 Å². The summed E-state index contributed by atoms with van der Waals surface area (Å²) in [7, 11) is 2.07. The van der Waals surface area contributed by atoms with E-state index in [2.05, 4.69) is 53.4 Å². The molecular formula is C22H24N6. The molecule has 142 valence electrons. The van der Waals surface area contributed by atoms with E-state index in [1.54, 1.807) is 6.08 Å².